The molecule has 0 bridgehead atoms. The van der Waals surface area contributed by atoms with Gasteiger partial charge in [-0.25, -0.2) is 0 Å². The molecule has 0 atom stereocenters. The summed E-state index contributed by atoms with van der Waals surface area (Å²) in [4.78, 5) is 0. The molecular formula is C54H41GeNSi. The normalized spacial score (nSPS) is 11.9. The van der Waals surface area contributed by atoms with Gasteiger partial charge in [-0.1, -0.05) is 36.4 Å². The topological polar surface area (TPSA) is 4.93 Å². The van der Waals surface area contributed by atoms with Gasteiger partial charge in [-0.2, -0.15) is 0 Å². The van der Waals surface area contributed by atoms with Crippen LogP contribution >= 0.6 is 0 Å². The fourth-order valence-corrected chi connectivity index (χ4v) is 24.1. The minimum absolute atomic E-state index is 1.17. The van der Waals surface area contributed by atoms with Gasteiger partial charge in [-0.3, -0.25) is 0 Å². The number of benzene rings is 9. The van der Waals surface area contributed by atoms with E-state index >= 15 is 0 Å². The van der Waals surface area contributed by atoms with E-state index in [0.717, 1.165) is 0 Å². The molecule has 1 heterocycles. The summed E-state index contributed by atoms with van der Waals surface area (Å²) < 4.78 is 8.13. The molecule has 0 aliphatic rings. The third-order valence-electron chi connectivity index (χ3n) is 11.9. The summed E-state index contributed by atoms with van der Waals surface area (Å²) in [6.45, 7) is 0. The van der Waals surface area contributed by atoms with Gasteiger partial charge in [0.2, 0.25) is 0 Å². The van der Waals surface area contributed by atoms with Crippen molar-refractivity contribution in [3.8, 4) is 5.69 Å². The van der Waals surface area contributed by atoms with Gasteiger partial charge >= 0.3 is 304 Å². The van der Waals surface area contributed by atoms with E-state index in [1.807, 2.05) is 0 Å². The first kappa shape index (κ1) is 35.0. The summed E-state index contributed by atoms with van der Waals surface area (Å²) in [5.74, 6) is 0. The summed E-state index contributed by atoms with van der Waals surface area (Å²) in [5.41, 5.74) is 3.61. The molecule has 57 heavy (non-hydrogen) atoms. The molecule has 0 fully saturated rings. The van der Waals surface area contributed by atoms with Crippen molar-refractivity contribution < 1.29 is 0 Å². The molecule has 0 aliphatic heterocycles. The predicted octanol–water partition coefficient (Wildman–Crippen LogP) is 7.54. The quantitative estimate of drug-likeness (QED) is 0.105. The van der Waals surface area contributed by atoms with Gasteiger partial charge < -0.3 is 0 Å². The number of hydrogen-bond acceptors (Lipinski definition) is 0. The molecule has 0 saturated heterocycles. The van der Waals surface area contributed by atoms with Gasteiger partial charge in [-0.15, -0.1) is 0 Å². The van der Waals surface area contributed by atoms with Crippen molar-refractivity contribution in [3.05, 3.63) is 249 Å². The van der Waals surface area contributed by atoms with Crippen molar-refractivity contribution in [1.29, 1.82) is 0 Å². The van der Waals surface area contributed by atoms with Crippen LogP contribution in [0.3, 0.4) is 0 Å². The van der Waals surface area contributed by atoms with Crippen LogP contribution in [-0.4, -0.2) is 25.9 Å². The Morgan fingerprint density at radius 1 is 0.263 bits per heavy atom. The Morgan fingerprint density at radius 3 is 0.965 bits per heavy atom. The Bertz CT molecular complexity index is 2720. The fourth-order valence-electron chi connectivity index (χ4n) is 9.47. The average molecular weight is 805 g/mol. The van der Waals surface area contributed by atoms with E-state index < -0.39 is 21.3 Å². The van der Waals surface area contributed by atoms with Gasteiger partial charge in [0.15, 0.2) is 0 Å². The Kier molecular flexibility index (Phi) is 9.14. The third kappa shape index (κ3) is 5.75. The van der Waals surface area contributed by atoms with E-state index in [4.69, 9.17) is 0 Å². The maximum atomic E-state index is 2.49. The average Bonchev–Trinajstić information content (AvgIpc) is 3.64. The SMILES string of the molecule is c1ccc([Si](c2ccccc2)(c2ccc(-n3c4ccccc4c4ccccc43)cc2)c2cc[c]([Ge]([c]3ccccc3)([c]3ccccc3)[c]3ccccc3)cc2)cc1. The van der Waals surface area contributed by atoms with Crippen molar-refractivity contribution >= 4 is 81.5 Å². The van der Waals surface area contributed by atoms with Crippen LogP contribution in [0.15, 0.2) is 249 Å². The van der Waals surface area contributed by atoms with Gasteiger partial charge in [-0.05, 0) is 0 Å². The predicted molar refractivity (Wildman–Crippen MR) is 248 cm³/mol. The maximum absolute atomic E-state index is 3.45. The number of rotatable bonds is 9. The molecule has 3 heteroatoms. The summed E-state index contributed by atoms with van der Waals surface area (Å²) >= 11 is -3.45. The second-order valence-electron chi connectivity index (χ2n) is 14.8. The Labute approximate surface area is 338 Å². The molecule has 0 unspecified atom stereocenters. The molecule has 0 saturated carbocycles. The summed E-state index contributed by atoms with van der Waals surface area (Å²) in [6, 6.07) is 93.4. The molecule has 1 aromatic heterocycles. The van der Waals surface area contributed by atoms with Crippen LogP contribution in [0.5, 0.6) is 0 Å². The molecule has 0 radical (unpaired) electrons. The molecule has 10 aromatic rings. The Hall–Kier alpha value is -6.46. The number of fused-ring (bicyclic) bond motifs is 3. The van der Waals surface area contributed by atoms with Gasteiger partial charge in [0.1, 0.15) is 0 Å². The molecule has 0 N–H and O–H groups in total. The molecule has 0 spiro atoms. The standard InChI is InChI=1S/C54H41GeNSi/c1-6-20-42(21-7-1)55(43-22-8-2-9-23-43,44-24-10-3-11-25-44)45-34-38-49(39-35-45)57(47-26-12-4-13-27-47,48-28-14-5-15-29-48)50-40-36-46(37-41-50)56-53-32-18-16-30-51(53)52-31-17-19-33-54(52)56/h1-41H. The Morgan fingerprint density at radius 2 is 0.561 bits per heavy atom. The second-order valence-corrected chi connectivity index (χ2v) is 26.6. The monoisotopic (exact) mass is 805 g/mol. The molecule has 10 rings (SSSR count). The van der Waals surface area contributed by atoms with Crippen LogP contribution in [-0.2, 0) is 0 Å². The summed E-state index contributed by atoms with van der Waals surface area (Å²) in [5, 5.41) is 8.03. The number of para-hydroxylation sites is 2. The van der Waals surface area contributed by atoms with Crippen LogP contribution in [0.25, 0.3) is 27.5 Å². The number of aromatic nitrogens is 1. The Balaban J connectivity index is 1.21. The van der Waals surface area contributed by atoms with Crippen molar-refractivity contribution in [3.63, 3.8) is 0 Å². The van der Waals surface area contributed by atoms with Crippen molar-refractivity contribution in [2.45, 2.75) is 0 Å². The van der Waals surface area contributed by atoms with Crippen LogP contribution in [0.1, 0.15) is 0 Å². The molecule has 1 nitrogen and oxygen atoms in total. The zero-order chi connectivity index (χ0) is 38.1. The zero-order valence-electron chi connectivity index (χ0n) is 31.6. The molecule has 0 amide bonds. The summed E-state index contributed by atoms with van der Waals surface area (Å²) in [7, 11) is -2.82. The van der Waals surface area contributed by atoms with Crippen molar-refractivity contribution in [2.75, 3.05) is 0 Å². The van der Waals surface area contributed by atoms with E-state index in [-0.39, 0.29) is 0 Å². The first-order chi connectivity index (χ1) is 28.3. The zero-order valence-corrected chi connectivity index (χ0v) is 34.7. The van der Waals surface area contributed by atoms with Crippen molar-refractivity contribution in [2.24, 2.45) is 0 Å². The molecule has 9 aromatic carbocycles. The molecular weight excluding hydrogens is 763 g/mol. The van der Waals surface area contributed by atoms with E-state index in [1.165, 1.54) is 65.8 Å². The summed E-state index contributed by atoms with van der Waals surface area (Å²) in [6.07, 6.45) is 0. The van der Waals surface area contributed by atoms with E-state index in [9.17, 15) is 0 Å². The first-order valence-electron chi connectivity index (χ1n) is 19.8. The van der Waals surface area contributed by atoms with E-state index in [0.29, 0.717) is 0 Å². The van der Waals surface area contributed by atoms with Gasteiger partial charge in [0.25, 0.3) is 0 Å². The number of hydrogen-bond donors (Lipinski definition) is 0. The van der Waals surface area contributed by atoms with Crippen LogP contribution < -0.4 is 38.3 Å². The second kappa shape index (κ2) is 14.9. The number of nitrogens with zero attached hydrogens (tertiary/aromatic N) is 1. The van der Waals surface area contributed by atoms with Gasteiger partial charge in [0, 0.05) is 0 Å². The van der Waals surface area contributed by atoms with Gasteiger partial charge in [0.05, 0.1) is 0 Å². The van der Waals surface area contributed by atoms with E-state index in [2.05, 4.69) is 253 Å². The minimum atomic E-state index is -3.45. The van der Waals surface area contributed by atoms with Crippen LogP contribution in [0.2, 0.25) is 0 Å². The van der Waals surface area contributed by atoms with Crippen LogP contribution in [0.4, 0.5) is 0 Å². The third-order valence-corrected chi connectivity index (χ3v) is 26.8. The first-order valence-corrected chi connectivity index (χ1v) is 26.0. The van der Waals surface area contributed by atoms with E-state index in [1.54, 1.807) is 0 Å². The molecule has 0 aliphatic carbocycles. The fraction of sp³-hybridized carbons (Fsp3) is 0. The molecule has 270 valence electrons. The van der Waals surface area contributed by atoms with Crippen LogP contribution in [0, 0.1) is 0 Å². The van der Waals surface area contributed by atoms with Crippen molar-refractivity contribution in [1.82, 2.24) is 4.57 Å².